The number of hydrogen-bond donors (Lipinski definition) is 2. The number of nitrogens with two attached hydrogens (primary N) is 2. The Kier molecular flexibility index (Phi) is 4.77. The zero-order valence-corrected chi connectivity index (χ0v) is 8.31. The summed E-state index contributed by atoms with van der Waals surface area (Å²) in [6.45, 7) is 0. The van der Waals surface area contributed by atoms with E-state index in [1.807, 2.05) is 0 Å². The van der Waals surface area contributed by atoms with E-state index in [1.54, 1.807) is 24.3 Å². The fourth-order valence-electron chi connectivity index (χ4n) is 0.834. The van der Waals surface area contributed by atoms with E-state index < -0.39 is 11.9 Å². The van der Waals surface area contributed by atoms with Crippen LogP contribution < -0.4 is 11.5 Å². The number of carbonyl (C=O) groups is 1. The quantitative estimate of drug-likeness (QED) is 0.788. The van der Waals surface area contributed by atoms with Crippen molar-refractivity contribution in [3.8, 4) is 0 Å². The zero-order valence-electron chi connectivity index (χ0n) is 6.74. The molecule has 72 valence electrons. The van der Waals surface area contributed by atoms with E-state index in [9.17, 15) is 4.79 Å². The molecule has 0 aromatic heterocycles. The van der Waals surface area contributed by atoms with Crippen molar-refractivity contribution in [2.24, 2.45) is 11.5 Å². The third-order valence-electron chi connectivity index (χ3n) is 1.54. The van der Waals surface area contributed by atoms with E-state index in [4.69, 9.17) is 23.1 Å². The third kappa shape index (κ3) is 3.22. The Morgan fingerprint density at radius 1 is 1.31 bits per heavy atom. The fraction of sp³-hybridized carbons (Fsp3) is 0.125. The minimum Gasteiger partial charge on any atom is -0.368 e. The lowest BCUT2D eigenvalue weighted by molar-refractivity contribution is -0.119. The van der Waals surface area contributed by atoms with Crippen LogP contribution in [-0.4, -0.2) is 5.91 Å². The molecule has 0 radical (unpaired) electrons. The fourth-order valence-corrected chi connectivity index (χ4v) is 0.960. The van der Waals surface area contributed by atoms with E-state index >= 15 is 0 Å². The SMILES string of the molecule is Cl.NC(=O)[C@H](N)c1ccc(Cl)cc1. The Bertz CT molecular complexity index is 287. The van der Waals surface area contributed by atoms with Crippen molar-refractivity contribution in [2.45, 2.75) is 6.04 Å². The lowest BCUT2D eigenvalue weighted by atomic mass is 10.1. The monoisotopic (exact) mass is 220 g/mol. The first-order valence-electron chi connectivity index (χ1n) is 3.41. The maximum atomic E-state index is 10.6. The highest BCUT2D eigenvalue weighted by atomic mass is 35.5. The summed E-state index contributed by atoms with van der Waals surface area (Å²) in [6, 6.07) is 5.94. The van der Waals surface area contributed by atoms with Gasteiger partial charge in [0, 0.05) is 5.02 Å². The number of hydrogen-bond acceptors (Lipinski definition) is 2. The molecular formula is C8H10Cl2N2O. The summed E-state index contributed by atoms with van der Waals surface area (Å²) >= 11 is 5.64. The predicted molar refractivity (Wildman–Crippen MR) is 54.8 cm³/mol. The van der Waals surface area contributed by atoms with E-state index in [0.717, 1.165) is 0 Å². The van der Waals surface area contributed by atoms with Gasteiger partial charge in [0.15, 0.2) is 0 Å². The van der Waals surface area contributed by atoms with Crippen LogP contribution in [0.3, 0.4) is 0 Å². The number of carbonyl (C=O) groups excluding carboxylic acids is 1. The van der Waals surface area contributed by atoms with Crippen LogP contribution in [0.1, 0.15) is 11.6 Å². The zero-order chi connectivity index (χ0) is 9.14. The second-order valence-corrected chi connectivity index (χ2v) is 2.87. The van der Waals surface area contributed by atoms with E-state index in [2.05, 4.69) is 0 Å². The molecule has 1 aromatic carbocycles. The van der Waals surface area contributed by atoms with Crippen molar-refractivity contribution in [3.05, 3.63) is 34.9 Å². The molecule has 1 amide bonds. The molecule has 1 atom stereocenters. The summed E-state index contributed by atoms with van der Waals surface area (Å²) in [6.07, 6.45) is 0. The normalized spacial score (nSPS) is 11.5. The number of amides is 1. The van der Waals surface area contributed by atoms with Crippen molar-refractivity contribution in [2.75, 3.05) is 0 Å². The Hall–Kier alpha value is -0.770. The standard InChI is InChI=1S/C8H9ClN2O.ClH/c9-6-3-1-5(2-4-6)7(10)8(11)12;/h1-4,7H,10H2,(H2,11,12);1H/t7-;/m1./s1. The highest BCUT2D eigenvalue weighted by Gasteiger charge is 2.10. The van der Waals surface area contributed by atoms with Gasteiger partial charge in [-0.1, -0.05) is 23.7 Å². The Morgan fingerprint density at radius 2 is 1.77 bits per heavy atom. The first kappa shape index (κ1) is 12.2. The van der Waals surface area contributed by atoms with Gasteiger partial charge >= 0.3 is 0 Å². The molecule has 1 rings (SSSR count). The molecule has 1 aromatic rings. The molecule has 3 nitrogen and oxygen atoms in total. The molecule has 0 aliphatic carbocycles. The molecule has 0 heterocycles. The minimum atomic E-state index is -0.748. The maximum absolute atomic E-state index is 10.6. The molecule has 0 fully saturated rings. The molecule has 0 unspecified atom stereocenters. The van der Waals surface area contributed by atoms with Crippen LogP contribution in [0.15, 0.2) is 24.3 Å². The van der Waals surface area contributed by atoms with Crippen LogP contribution in [0.2, 0.25) is 5.02 Å². The molecule has 0 aliphatic rings. The first-order valence-corrected chi connectivity index (χ1v) is 3.79. The van der Waals surface area contributed by atoms with Crippen molar-refractivity contribution in [1.82, 2.24) is 0 Å². The van der Waals surface area contributed by atoms with Crippen molar-refractivity contribution < 1.29 is 4.79 Å². The van der Waals surface area contributed by atoms with Gasteiger partial charge in [-0.3, -0.25) is 4.79 Å². The summed E-state index contributed by atoms with van der Waals surface area (Å²) in [7, 11) is 0. The van der Waals surface area contributed by atoms with E-state index in [-0.39, 0.29) is 12.4 Å². The summed E-state index contributed by atoms with van der Waals surface area (Å²) in [4.78, 5) is 10.6. The van der Waals surface area contributed by atoms with E-state index in [0.29, 0.717) is 10.6 Å². The molecule has 0 bridgehead atoms. The number of rotatable bonds is 2. The predicted octanol–water partition coefficient (Wildman–Crippen LogP) is 1.25. The van der Waals surface area contributed by atoms with Crippen LogP contribution in [0.4, 0.5) is 0 Å². The largest absolute Gasteiger partial charge is 0.368 e. The van der Waals surface area contributed by atoms with Crippen LogP contribution in [0.5, 0.6) is 0 Å². The van der Waals surface area contributed by atoms with E-state index in [1.165, 1.54) is 0 Å². The Morgan fingerprint density at radius 3 is 2.15 bits per heavy atom. The van der Waals surface area contributed by atoms with Gasteiger partial charge < -0.3 is 11.5 Å². The van der Waals surface area contributed by atoms with Gasteiger partial charge in [-0.25, -0.2) is 0 Å². The van der Waals surface area contributed by atoms with Crippen LogP contribution in [0, 0.1) is 0 Å². The molecule has 4 N–H and O–H groups in total. The number of primary amides is 1. The van der Waals surface area contributed by atoms with Gasteiger partial charge in [-0.05, 0) is 17.7 Å². The summed E-state index contributed by atoms with van der Waals surface area (Å²) in [5.74, 6) is -0.544. The molecule has 0 spiro atoms. The minimum absolute atomic E-state index is 0. The third-order valence-corrected chi connectivity index (χ3v) is 1.79. The second kappa shape index (κ2) is 5.07. The topological polar surface area (TPSA) is 69.1 Å². The van der Waals surface area contributed by atoms with Gasteiger partial charge in [0.1, 0.15) is 6.04 Å². The average molecular weight is 221 g/mol. The second-order valence-electron chi connectivity index (χ2n) is 2.43. The molecular weight excluding hydrogens is 211 g/mol. The Labute approximate surface area is 87.5 Å². The van der Waals surface area contributed by atoms with Crippen LogP contribution in [0.25, 0.3) is 0 Å². The summed E-state index contributed by atoms with van der Waals surface area (Å²) in [5.41, 5.74) is 11.2. The number of benzene rings is 1. The van der Waals surface area contributed by atoms with Crippen molar-refractivity contribution in [1.29, 1.82) is 0 Å². The maximum Gasteiger partial charge on any atom is 0.238 e. The molecule has 0 saturated heterocycles. The van der Waals surface area contributed by atoms with Gasteiger partial charge in [0.25, 0.3) is 0 Å². The smallest absolute Gasteiger partial charge is 0.238 e. The number of halogens is 2. The van der Waals surface area contributed by atoms with Gasteiger partial charge in [0.05, 0.1) is 0 Å². The molecule has 13 heavy (non-hydrogen) atoms. The molecule has 5 heteroatoms. The van der Waals surface area contributed by atoms with Gasteiger partial charge in [0.2, 0.25) is 5.91 Å². The van der Waals surface area contributed by atoms with Gasteiger partial charge in [-0.2, -0.15) is 0 Å². The highest BCUT2D eigenvalue weighted by Crippen LogP contribution is 2.13. The lowest BCUT2D eigenvalue weighted by Gasteiger charge is -2.06. The van der Waals surface area contributed by atoms with Crippen molar-refractivity contribution >= 4 is 29.9 Å². The first-order chi connectivity index (χ1) is 5.61. The molecule has 0 saturated carbocycles. The van der Waals surface area contributed by atoms with Crippen LogP contribution >= 0.6 is 24.0 Å². The Balaban J connectivity index is 0.00000144. The lowest BCUT2D eigenvalue weighted by Crippen LogP contribution is -2.28. The summed E-state index contributed by atoms with van der Waals surface area (Å²) in [5, 5.41) is 0.607. The van der Waals surface area contributed by atoms with Crippen molar-refractivity contribution in [3.63, 3.8) is 0 Å². The molecule has 0 aliphatic heterocycles. The summed E-state index contributed by atoms with van der Waals surface area (Å²) < 4.78 is 0. The van der Waals surface area contributed by atoms with Crippen LogP contribution in [-0.2, 0) is 4.79 Å². The van der Waals surface area contributed by atoms with Gasteiger partial charge in [-0.15, -0.1) is 12.4 Å². The average Bonchev–Trinajstić information content (AvgIpc) is 2.04. The highest BCUT2D eigenvalue weighted by molar-refractivity contribution is 6.30.